The Balaban J connectivity index is 2.47. The van der Waals surface area contributed by atoms with E-state index in [-0.39, 0.29) is 5.91 Å². The molecular formula is C12H11Cl2N3O. The molecule has 6 heteroatoms. The van der Waals surface area contributed by atoms with Crippen LogP contribution in [0.1, 0.15) is 5.56 Å². The molecule has 1 amide bonds. The van der Waals surface area contributed by atoms with Crippen LogP contribution in [-0.2, 0) is 4.79 Å². The fourth-order valence-electron chi connectivity index (χ4n) is 1.60. The number of benzene rings is 1. The van der Waals surface area contributed by atoms with Gasteiger partial charge in [-0.3, -0.25) is 4.79 Å². The number of nitrogens with one attached hydrogen (secondary N) is 1. The summed E-state index contributed by atoms with van der Waals surface area (Å²) in [6.07, 6.45) is 1.70. The van der Waals surface area contributed by atoms with Crippen molar-refractivity contribution in [2.24, 2.45) is 5.10 Å². The molecule has 94 valence electrons. The maximum atomic E-state index is 11.7. The van der Waals surface area contributed by atoms with Crippen LogP contribution in [0, 0.1) is 0 Å². The highest BCUT2D eigenvalue weighted by molar-refractivity contribution is 6.40. The number of hydrogen-bond acceptors (Lipinski definition) is 3. The molecule has 1 aromatic rings. The molecule has 0 atom stereocenters. The van der Waals surface area contributed by atoms with Crippen LogP contribution in [0.25, 0.3) is 0 Å². The van der Waals surface area contributed by atoms with Crippen molar-refractivity contribution >= 4 is 34.8 Å². The third-order valence-electron chi connectivity index (χ3n) is 2.34. The molecule has 2 rings (SSSR count). The van der Waals surface area contributed by atoms with Crippen molar-refractivity contribution in [1.29, 1.82) is 0 Å². The van der Waals surface area contributed by atoms with Gasteiger partial charge < -0.3 is 4.90 Å². The second-order valence-corrected chi connectivity index (χ2v) is 4.88. The largest absolute Gasteiger partial charge is 0.383 e. The number of halogens is 2. The molecule has 0 aliphatic carbocycles. The van der Waals surface area contributed by atoms with E-state index >= 15 is 0 Å². The number of nitrogens with zero attached hydrogens (tertiary/aromatic N) is 2. The molecule has 0 saturated heterocycles. The fourth-order valence-corrected chi connectivity index (χ4v) is 2.10. The van der Waals surface area contributed by atoms with Gasteiger partial charge >= 0.3 is 0 Å². The number of carbonyl (C=O) groups is 1. The summed E-state index contributed by atoms with van der Waals surface area (Å²) in [5, 5.41) is 5.01. The van der Waals surface area contributed by atoms with Gasteiger partial charge in [0.1, 0.15) is 5.71 Å². The first-order valence-electron chi connectivity index (χ1n) is 5.21. The standard InChI is InChI=1S/C12H11Cl2N3O/c1-17(2)6-9-11(15-16-12(9)18)8-4-3-7(13)5-10(8)14/h3-6H,1-2H3,(H,16,18)/b9-6+. The quantitative estimate of drug-likeness (QED) is 0.847. The first-order chi connectivity index (χ1) is 8.49. The second-order valence-electron chi connectivity index (χ2n) is 4.03. The van der Waals surface area contributed by atoms with Crippen LogP contribution in [0.5, 0.6) is 0 Å². The molecular weight excluding hydrogens is 273 g/mol. The average molecular weight is 284 g/mol. The number of rotatable bonds is 2. The van der Waals surface area contributed by atoms with E-state index in [1.54, 1.807) is 29.3 Å². The lowest BCUT2D eigenvalue weighted by atomic mass is 10.0. The monoisotopic (exact) mass is 283 g/mol. The Kier molecular flexibility index (Phi) is 3.59. The van der Waals surface area contributed by atoms with Crippen LogP contribution >= 0.6 is 23.2 Å². The first-order valence-corrected chi connectivity index (χ1v) is 5.96. The zero-order valence-corrected chi connectivity index (χ0v) is 11.4. The van der Waals surface area contributed by atoms with Crippen LogP contribution in [0.3, 0.4) is 0 Å². The predicted molar refractivity (Wildman–Crippen MR) is 72.9 cm³/mol. The molecule has 1 aliphatic heterocycles. The number of hydrogen-bond donors (Lipinski definition) is 1. The van der Waals surface area contributed by atoms with Gasteiger partial charge in [0.15, 0.2) is 0 Å². The molecule has 0 aromatic heterocycles. The van der Waals surface area contributed by atoms with Gasteiger partial charge in [-0.05, 0) is 18.2 Å². The van der Waals surface area contributed by atoms with Crippen molar-refractivity contribution in [1.82, 2.24) is 10.3 Å². The van der Waals surface area contributed by atoms with Gasteiger partial charge in [0.05, 0.1) is 10.6 Å². The Labute approximate surface area is 115 Å². The normalized spacial score (nSPS) is 16.8. The Morgan fingerprint density at radius 1 is 1.33 bits per heavy atom. The summed E-state index contributed by atoms with van der Waals surface area (Å²) in [5.74, 6) is -0.246. The van der Waals surface area contributed by atoms with Gasteiger partial charge in [-0.15, -0.1) is 0 Å². The molecule has 0 radical (unpaired) electrons. The summed E-state index contributed by atoms with van der Waals surface area (Å²) >= 11 is 12.0. The molecule has 0 fully saturated rings. The van der Waals surface area contributed by atoms with Crippen molar-refractivity contribution in [2.75, 3.05) is 14.1 Å². The summed E-state index contributed by atoms with van der Waals surface area (Å²) < 4.78 is 0. The molecule has 1 heterocycles. The zero-order chi connectivity index (χ0) is 13.3. The predicted octanol–water partition coefficient (Wildman–Crippen LogP) is 2.27. The highest BCUT2D eigenvalue weighted by Crippen LogP contribution is 2.25. The highest BCUT2D eigenvalue weighted by atomic mass is 35.5. The van der Waals surface area contributed by atoms with E-state index in [4.69, 9.17) is 23.2 Å². The Hall–Kier alpha value is -1.52. The molecule has 1 aromatic carbocycles. The smallest absolute Gasteiger partial charge is 0.275 e. The average Bonchev–Trinajstić information content (AvgIpc) is 2.60. The zero-order valence-electron chi connectivity index (χ0n) is 9.87. The van der Waals surface area contributed by atoms with E-state index in [9.17, 15) is 4.79 Å². The lowest BCUT2D eigenvalue weighted by molar-refractivity contribution is -0.116. The van der Waals surface area contributed by atoms with Gasteiger partial charge in [0.2, 0.25) is 0 Å². The van der Waals surface area contributed by atoms with E-state index in [1.165, 1.54) is 0 Å². The molecule has 0 saturated carbocycles. The Morgan fingerprint density at radius 2 is 2.06 bits per heavy atom. The maximum absolute atomic E-state index is 11.7. The minimum Gasteiger partial charge on any atom is -0.383 e. The van der Waals surface area contributed by atoms with Crippen molar-refractivity contribution in [3.63, 3.8) is 0 Å². The summed E-state index contributed by atoms with van der Waals surface area (Å²) in [4.78, 5) is 13.5. The van der Waals surface area contributed by atoms with E-state index in [0.717, 1.165) is 0 Å². The number of carbonyl (C=O) groups excluding carboxylic acids is 1. The van der Waals surface area contributed by atoms with Crippen LogP contribution in [-0.4, -0.2) is 30.6 Å². The van der Waals surface area contributed by atoms with Crippen molar-refractivity contribution in [2.45, 2.75) is 0 Å². The van der Waals surface area contributed by atoms with Gasteiger partial charge in [-0.2, -0.15) is 5.10 Å². The second kappa shape index (κ2) is 5.00. The molecule has 4 nitrogen and oxygen atoms in total. The van der Waals surface area contributed by atoms with Gasteiger partial charge in [0.25, 0.3) is 5.91 Å². The summed E-state index contributed by atoms with van der Waals surface area (Å²) in [6, 6.07) is 5.08. The van der Waals surface area contributed by atoms with Gasteiger partial charge in [-0.1, -0.05) is 23.2 Å². The molecule has 0 spiro atoms. The lowest BCUT2D eigenvalue weighted by Crippen LogP contribution is -2.17. The van der Waals surface area contributed by atoms with Crippen molar-refractivity contribution in [3.05, 3.63) is 45.6 Å². The third kappa shape index (κ3) is 2.49. The first kappa shape index (κ1) is 12.9. The molecule has 1 aliphatic rings. The minimum absolute atomic E-state index is 0.246. The lowest BCUT2D eigenvalue weighted by Gasteiger charge is -2.08. The third-order valence-corrected chi connectivity index (χ3v) is 2.89. The number of amides is 1. The van der Waals surface area contributed by atoms with Crippen LogP contribution < -0.4 is 5.43 Å². The van der Waals surface area contributed by atoms with Gasteiger partial charge in [0, 0.05) is 30.9 Å². The minimum atomic E-state index is -0.246. The van der Waals surface area contributed by atoms with Crippen LogP contribution in [0.4, 0.5) is 0 Å². The van der Waals surface area contributed by atoms with E-state index in [1.807, 2.05) is 14.1 Å². The summed E-state index contributed by atoms with van der Waals surface area (Å²) in [7, 11) is 3.67. The van der Waals surface area contributed by atoms with E-state index < -0.39 is 0 Å². The van der Waals surface area contributed by atoms with Gasteiger partial charge in [-0.25, -0.2) is 5.43 Å². The fraction of sp³-hybridized carbons (Fsp3) is 0.167. The highest BCUT2D eigenvalue weighted by Gasteiger charge is 2.25. The summed E-state index contributed by atoms with van der Waals surface area (Å²) in [5.41, 5.74) is 4.10. The number of hydrazone groups is 1. The van der Waals surface area contributed by atoms with E-state index in [2.05, 4.69) is 10.5 Å². The van der Waals surface area contributed by atoms with Crippen LogP contribution in [0.15, 0.2) is 35.1 Å². The molecule has 18 heavy (non-hydrogen) atoms. The molecule has 1 N–H and O–H groups in total. The Morgan fingerprint density at radius 3 is 2.67 bits per heavy atom. The van der Waals surface area contributed by atoms with Crippen molar-refractivity contribution in [3.8, 4) is 0 Å². The van der Waals surface area contributed by atoms with Crippen LogP contribution in [0.2, 0.25) is 10.0 Å². The SMILES string of the molecule is CN(C)/C=C1/C(=O)NN=C1c1ccc(Cl)cc1Cl. The topological polar surface area (TPSA) is 44.7 Å². The summed E-state index contributed by atoms with van der Waals surface area (Å²) in [6.45, 7) is 0. The maximum Gasteiger partial charge on any atom is 0.275 e. The molecule has 0 unspecified atom stereocenters. The van der Waals surface area contributed by atoms with E-state index in [0.29, 0.717) is 26.9 Å². The molecule has 0 bridgehead atoms. The Bertz CT molecular complexity index is 564. The van der Waals surface area contributed by atoms with Crippen molar-refractivity contribution < 1.29 is 4.79 Å².